The second kappa shape index (κ2) is 11.3. The smallest absolute Gasteiger partial charge is 0.000673 e. The third-order valence-corrected chi connectivity index (χ3v) is 13.8. The molecule has 0 aliphatic carbocycles. The van der Waals surface area contributed by atoms with Crippen LogP contribution in [0.15, 0.2) is 188 Å². The van der Waals surface area contributed by atoms with Crippen LogP contribution in [0.2, 0.25) is 0 Å². The van der Waals surface area contributed by atoms with Gasteiger partial charge in [0.2, 0.25) is 0 Å². The van der Waals surface area contributed by atoms with Gasteiger partial charge in [-0.2, -0.15) is 0 Å². The summed E-state index contributed by atoms with van der Waals surface area (Å²) in [6.07, 6.45) is 0. The van der Waals surface area contributed by atoms with Crippen LogP contribution in [0.4, 0.5) is 0 Å². The van der Waals surface area contributed by atoms with E-state index in [1.807, 2.05) is 0 Å². The molecule has 0 unspecified atom stereocenters. The van der Waals surface area contributed by atoms with E-state index < -0.39 is 0 Å². The van der Waals surface area contributed by atoms with Gasteiger partial charge in [-0.05, 0) is 160 Å². The lowest BCUT2D eigenvalue weighted by atomic mass is 9.80. The maximum atomic E-state index is 2.58. The number of fused-ring (bicyclic) bond motifs is 10. The summed E-state index contributed by atoms with van der Waals surface area (Å²) in [5.74, 6) is 0. The summed E-state index contributed by atoms with van der Waals surface area (Å²) >= 11 is 0. The topological polar surface area (TPSA) is 0 Å². The van der Waals surface area contributed by atoms with Gasteiger partial charge in [0, 0.05) is 0 Å². The Hall–Kier alpha value is -7.54. The fourth-order valence-electron chi connectivity index (χ4n) is 11.5. The highest BCUT2D eigenvalue weighted by Crippen LogP contribution is 2.57. The predicted octanol–water partition coefficient (Wildman–Crippen LogP) is 16.8. The Labute approximate surface area is 340 Å². The molecule has 0 bridgehead atoms. The van der Waals surface area contributed by atoms with Crippen molar-refractivity contribution in [2.45, 2.75) is 6.92 Å². The van der Waals surface area contributed by atoms with Crippen LogP contribution in [-0.4, -0.2) is 0 Å². The summed E-state index contributed by atoms with van der Waals surface area (Å²) in [6.45, 7) is 2.27. The van der Waals surface area contributed by atoms with Crippen molar-refractivity contribution in [1.29, 1.82) is 0 Å². The average molecular weight is 743 g/mol. The van der Waals surface area contributed by atoms with Crippen molar-refractivity contribution in [3.63, 3.8) is 0 Å². The SMILES string of the molecule is Cc1ccc2c3c1cccc3c1c3c(cc4c(-c5ccccc5-c5ccccc5)c5c6ccc(-c7ccccc7)c7cccc(c76)c5c2c41)c1cccc2cccc3c21. The first-order valence-electron chi connectivity index (χ1n) is 20.8. The first-order chi connectivity index (χ1) is 29.2. The minimum atomic E-state index is 1.23. The molecule has 0 saturated heterocycles. The zero-order chi connectivity index (χ0) is 38.5. The highest BCUT2D eigenvalue weighted by molar-refractivity contribution is 6.53. The van der Waals surface area contributed by atoms with Crippen LogP contribution in [-0.2, 0) is 0 Å². The van der Waals surface area contributed by atoms with Gasteiger partial charge in [0.15, 0.2) is 0 Å². The van der Waals surface area contributed by atoms with E-state index in [4.69, 9.17) is 0 Å². The second-order valence-electron chi connectivity index (χ2n) is 16.6. The third-order valence-electron chi connectivity index (χ3n) is 13.8. The summed E-state index contributed by atoms with van der Waals surface area (Å²) in [5.41, 5.74) is 8.89. The van der Waals surface area contributed by atoms with Crippen LogP contribution in [0.3, 0.4) is 0 Å². The monoisotopic (exact) mass is 742 g/mol. The van der Waals surface area contributed by atoms with Crippen molar-refractivity contribution in [1.82, 2.24) is 0 Å². The van der Waals surface area contributed by atoms with Crippen molar-refractivity contribution < 1.29 is 0 Å². The molecule has 0 nitrogen and oxygen atoms in total. The van der Waals surface area contributed by atoms with Crippen LogP contribution < -0.4 is 0 Å². The van der Waals surface area contributed by atoms with E-state index in [0.717, 1.165) is 0 Å². The van der Waals surface area contributed by atoms with Crippen molar-refractivity contribution in [3.8, 4) is 33.4 Å². The molecule has 0 atom stereocenters. The minimum absolute atomic E-state index is 1.23. The van der Waals surface area contributed by atoms with Gasteiger partial charge < -0.3 is 0 Å². The molecule has 0 fully saturated rings. The van der Waals surface area contributed by atoms with Gasteiger partial charge in [-0.25, -0.2) is 0 Å². The van der Waals surface area contributed by atoms with E-state index in [-0.39, 0.29) is 0 Å². The fourth-order valence-corrected chi connectivity index (χ4v) is 11.5. The maximum Gasteiger partial charge on any atom is -0.000673 e. The second-order valence-corrected chi connectivity index (χ2v) is 16.6. The average Bonchev–Trinajstić information content (AvgIpc) is 3.80. The lowest BCUT2D eigenvalue weighted by Crippen LogP contribution is -1.94. The number of hydrogen-bond donors (Lipinski definition) is 0. The Kier molecular flexibility index (Phi) is 6.05. The molecular weight excluding hydrogens is 709 g/mol. The molecule has 0 N–H and O–H groups in total. The van der Waals surface area contributed by atoms with Crippen molar-refractivity contribution >= 4 is 108 Å². The molecule has 14 aromatic rings. The van der Waals surface area contributed by atoms with E-state index in [0.29, 0.717) is 0 Å². The Morgan fingerprint density at radius 1 is 0.237 bits per heavy atom. The summed E-state index contributed by atoms with van der Waals surface area (Å²) in [5, 5.41) is 26.8. The van der Waals surface area contributed by atoms with Gasteiger partial charge in [0.25, 0.3) is 0 Å². The number of benzene rings is 12. The summed E-state index contributed by atoms with van der Waals surface area (Å²) in [4.78, 5) is 0. The highest BCUT2D eigenvalue weighted by Gasteiger charge is 2.29. The van der Waals surface area contributed by atoms with Gasteiger partial charge in [-0.1, -0.05) is 182 Å². The van der Waals surface area contributed by atoms with Crippen molar-refractivity contribution in [2.75, 3.05) is 0 Å². The van der Waals surface area contributed by atoms with Crippen molar-refractivity contribution in [2.24, 2.45) is 0 Å². The molecule has 0 aromatic heterocycles. The molecule has 14 rings (SSSR count). The molecule has 0 radical (unpaired) electrons. The Morgan fingerprint density at radius 2 is 0.729 bits per heavy atom. The number of hydrogen-bond acceptors (Lipinski definition) is 0. The molecule has 270 valence electrons. The van der Waals surface area contributed by atoms with E-state index in [2.05, 4.69) is 195 Å². The molecule has 0 saturated carbocycles. The molecule has 14 aromatic carbocycles. The summed E-state index contributed by atoms with van der Waals surface area (Å²) in [7, 11) is 0. The zero-order valence-electron chi connectivity index (χ0n) is 32.4. The lowest BCUT2D eigenvalue weighted by Gasteiger charge is -2.22. The summed E-state index contributed by atoms with van der Waals surface area (Å²) in [6, 6.07) is 71.0. The first kappa shape index (κ1) is 31.5. The fraction of sp³-hybridized carbons (Fsp3) is 0.0169. The largest absolute Gasteiger partial charge is 0.0622 e. The molecule has 0 heteroatoms. The van der Waals surface area contributed by atoms with Crippen LogP contribution in [0.5, 0.6) is 0 Å². The van der Waals surface area contributed by atoms with Crippen LogP contribution in [0, 0.1) is 6.92 Å². The van der Waals surface area contributed by atoms with Crippen LogP contribution >= 0.6 is 0 Å². The van der Waals surface area contributed by atoms with Gasteiger partial charge in [0.05, 0.1) is 0 Å². The van der Waals surface area contributed by atoms with E-state index >= 15 is 0 Å². The standard InChI is InChI=1S/C59H34/c1-33-28-29-46-51-37(33)22-12-26-44(51)55-54-43-25-11-19-36-18-10-23-42(50(36)43)48(54)32-49-53(41-21-9-8-20-38(41)34-14-4-2-5-15-34)56-47-31-30-39(35-16-6-3-7-17-35)40-24-13-27-45(52(40)47)57(56)58(46)59(49)55/h2-32H,1H3. The van der Waals surface area contributed by atoms with Crippen molar-refractivity contribution in [3.05, 3.63) is 194 Å². The molecule has 0 spiro atoms. The predicted molar refractivity (Wildman–Crippen MR) is 256 cm³/mol. The lowest BCUT2D eigenvalue weighted by molar-refractivity contribution is 1.55. The zero-order valence-corrected chi connectivity index (χ0v) is 32.4. The van der Waals surface area contributed by atoms with Crippen LogP contribution in [0.1, 0.15) is 5.56 Å². The Morgan fingerprint density at radius 3 is 1.47 bits per heavy atom. The molecular formula is C59H34. The van der Waals surface area contributed by atoms with E-state index in [9.17, 15) is 0 Å². The minimum Gasteiger partial charge on any atom is -0.0622 e. The van der Waals surface area contributed by atoms with E-state index in [1.165, 1.54) is 147 Å². The quantitative estimate of drug-likeness (QED) is 0.125. The molecule has 0 aliphatic heterocycles. The molecule has 59 heavy (non-hydrogen) atoms. The van der Waals surface area contributed by atoms with Gasteiger partial charge in [-0.15, -0.1) is 0 Å². The number of rotatable bonds is 3. The first-order valence-corrected chi connectivity index (χ1v) is 20.8. The summed E-state index contributed by atoms with van der Waals surface area (Å²) < 4.78 is 0. The maximum absolute atomic E-state index is 2.58. The third kappa shape index (κ3) is 3.94. The molecule has 0 amide bonds. The highest BCUT2D eigenvalue weighted by atomic mass is 14.3. The van der Waals surface area contributed by atoms with Gasteiger partial charge in [-0.3, -0.25) is 0 Å². The Bertz CT molecular complexity index is 4040. The van der Waals surface area contributed by atoms with Gasteiger partial charge >= 0.3 is 0 Å². The Balaban J connectivity index is 1.35. The van der Waals surface area contributed by atoms with E-state index in [1.54, 1.807) is 0 Å². The molecule has 0 aliphatic rings. The number of aryl methyl sites for hydroxylation is 1. The van der Waals surface area contributed by atoms with Gasteiger partial charge in [0.1, 0.15) is 0 Å². The molecule has 0 heterocycles. The normalized spacial score (nSPS) is 12.5. The van der Waals surface area contributed by atoms with Crippen LogP contribution in [0.25, 0.3) is 141 Å².